The first-order valence-corrected chi connectivity index (χ1v) is 34.8. The lowest BCUT2D eigenvalue weighted by molar-refractivity contribution is -0.143. The van der Waals surface area contributed by atoms with Gasteiger partial charge < -0.3 is 20.3 Å². The Labute approximate surface area is 481 Å². The Balaban J connectivity index is 3.29. The Hall–Kier alpha value is -1.92. The highest BCUT2D eigenvalue weighted by Crippen LogP contribution is 2.19. The summed E-state index contributed by atoms with van der Waals surface area (Å²) < 4.78 is 5.49. The molecule has 2 unspecified atom stereocenters. The van der Waals surface area contributed by atoms with E-state index in [0.29, 0.717) is 19.4 Å². The minimum Gasteiger partial charge on any atom is -0.466 e. The molecule has 6 nitrogen and oxygen atoms in total. The van der Waals surface area contributed by atoms with E-state index >= 15 is 0 Å². The first kappa shape index (κ1) is 75.1. The number of allylic oxidation sites excluding steroid dienone is 5. The summed E-state index contributed by atoms with van der Waals surface area (Å²) in [6.45, 7) is 4.88. The minimum absolute atomic E-state index is 0.00841. The largest absolute Gasteiger partial charge is 0.466 e. The molecule has 0 aliphatic heterocycles. The van der Waals surface area contributed by atoms with Crippen molar-refractivity contribution in [2.75, 3.05) is 13.2 Å². The van der Waals surface area contributed by atoms with Gasteiger partial charge in [-0.3, -0.25) is 9.59 Å². The van der Waals surface area contributed by atoms with E-state index in [1.165, 1.54) is 302 Å². The first-order chi connectivity index (χ1) is 38.0. The second-order valence-electron chi connectivity index (χ2n) is 23.9. The zero-order chi connectivity index (χ0) is 55.7. The molecule has 0 aromatic carbocycles. The third-order valence-electron chi connectivity index (χ3n) is 16.2. The van der Waals surface area contributed by atoms with Crippen LogP contribution in [-0.4, -0.2) is 47.4 Å². The van der Waals surface area contributed by atoms with Crippen LogP contribution >= 0.6 is 0 Å². The van der Waals surface area contributed by atoms with E-state index in [1.807, 2.05) is 6.08 Å². The van der Waals surface area contributed by atoms with Crippen LogP contribution in [-0.2, 0) is 14.3 Å². The van der Waals surface area contributed by atoms with Gasteiger partial charge >= 0.3 is 5.97 Å². The molecule has 0 aromatic rings. The van der Waals surface area contributed by atoms with Gasteiger partial charge in [0.05, 0.1) is 25.4 Å². The fourth-order valence-corrected chi connectivity index (χ4v) is 10.8. The minimum atomic E-state index is -0.838. The van der Waals surface area contributed by atoms with E-state index in [-0.39, 0.29) is 18.5 Å². The van der Waals surface area contributed by atoms with Gasteiger partial charge in [0.15, 0.2) is 0 Å². The van der Waals surface area contributed by atoms with Gasteiger partial charge in [-0.25, -0.2) is 0 Å². The highest BCUT2D eigenvalue weighted by molar-refractivity contribution is 5.76. The molecule has 0 heterocycles. The van der Waals surface area contributed by atoms with E-state index < -0.39 is 12.1 Å². The molecule has 0 radical (unpaired) electrons. The average molecular weight is 1080 g/mol. The van der Waals surface area contributed by atoms with E-state index in [0.717, 1.165) is 51.4 Å². The molecule has 0 aromatic heterocycles. The van der Waals surface area contributed by atoms with Crippen LogP contribution in [0.1, 0.15) is 380 Å². The number of carbonyl (C=O) groups is 2. The number of hydrogen-bond acceptors (Lipinski definition) is 5. The molecule has 6 heteroatoms. The molecule has 0 saturated heterocycles. The van der Waals surface area contributed by atoms with Crippen LogP contribution in [0.3, 0.4) is 0 Å². The molecule has 1 amide bonds. The topological polar surface area (TPSA) is 95.9 Å². The summed E-state index contributed by atoms with van der Waals surface area (Å²) in [6, 6.07) is -0.622. The third kappa shape index (κ3) is 63.1. The van der Waals surface area contributed by atoms with Crippen LogP contribution in [0.15, 0.2) is 36.5 Å². The molecule has 0 rings (SSSR count). The Morgan fingerprint density at radius 3 is 1.01 bits per heavy atom. The van der Waals surface area contributed by atoms with E-state index in [1.54, 1.807) is 6.08 Å². The van der Waals surface area contributed by atoms with Gasteiger partial charge in [-0.05, 0) is 64.2 Å². The zero-order valence-electron chi connectivity index (χ0n) is 52.0. The monoisotopic (exact) mass is 1080 g/mol. The number of ether oxygens (including phenoxy) is 1. The molecule has 77 heavy (non-hydrogen) atoms. The van der Waals surface area contributed by atoms with Gasteiger partial charge in [0, 0.05) is 12.8 Å². The Kier molecular flexibility index (Phi) is 64.9. The molecular weight excluding hydrogens is 947 g/mol. The van der Waals surface area contributed by atoms with Gasteiger partial charge in [0.25, 0.3) is 0 Å². The number of esters is 1. The number of amides is 1. The molecule has 0 bridgehead atoms. The van der Waals surface area contributed by atoms with E-state index in [9.17, 15) is 19.8 Å². The van der Waals surface area contributed by atoms with Crippen molar-refractivity contribution in [3.63, 3.8) is 0 Å². The molecule has 3 N–H and O–H groups in total. The summed E-state index contributed by atoms with van der Waals surface area (Å²) in [5, 5.41) is 23.0. The van der Waals surface area contributed by atoms with Crippen molar-refractivity contribution in [3.8, 4) is 0 Å². The fourth-order valence-electron chi connectivity index (χ4n) is 10.8. The summed E-state index contributed by atoms with van der Waals surface area (Å²) in [7, 11) is 0. The zero-order valence-corrected chi connectivity index (χ0v) is 52.0. The van der Waals surface area contributed by atoms with Crippen molar-refractivity contribution in [2.24, 2.45) is 0 Å². The molecule has 0 saturated carbocycles. The van der Waals surface area contributed by atoms with Crippen molar-refractivity contribution < 1.29 is 24.5 Å². The number of rotatable bonds is 65. The highest BCUT2D eigenvalue weighted by atomic mass is 16.5. The number of carbonyl (C=O) groups excluding carboxylic acids is 2. The first-order valence-electron chi connectivity index (χ1n) is 34.8. The Bertz CT molecular complexity index is 1250. The van der Waals surface area contributed by atoms with Crippen molar-refractivity contribution in [2.45, 2.75) is 392 Å². The molecule has 0 fully saturated rings. The maximum Gasteiger partial charge on any atom is 0.305 e. The average Bonchev–Trinajstić information content (AvgIpc) is 3.43. The molecule has 454 valence electrons. The van der Waals surface area contributed by atoms with Gasteiger partial charge in [-0.2, -0.15) is 0 Å². The van der Waals surface area contributed by atoms with Crippen LogP contribution < -0.4 is 5.32 Å². The maximum absolute atomic E-state index is 12.4. The quantitative estimate of drug-likeness (QED) is 0.0320. The van der Waals surface area contributed by atoms with Gasteiger partial charge in [0.1, 0.15) is 0 Å². The molecule has 0 aliphatic carbocycles. The number of unbranched alkanes of at least 4 members (excludes halogenated alkanes) is 50. The Morgan fingerprint density at radius 2 is 0.649 bits per heavy atom. The van der Waals surface area contributed by atoms with Crippen LogP contribution in [0.4, 0.5) is 0 Å². The van der Waals surface area contributed by atoms with Gasteiger partial charge in [0.2, 0.25) is 5.91 Å². The Morgan fingerprint density at radius 1 is 0.364 bits per heavy atom. The lowest BCUT2D eigenvalue weighted by Gasteiger charge is -2.20. The standard InChI is InChI=1S/C71H135NO5/c1-3-5-7-9-11-13-15-16-38-42-45-49-53-57-61-65-71(76)77-66-62-58-54-50-46-43-40-37-35-33-31-29-27-25-23-21-19-17-18-20-22-24-26-28-30-32-34-36-39-41-44-48-52-56-60-64-70(75)72-68(67-73)69(74)63-59-55-51-47-14-12-10-8-6-4-2/h11,13,16,38,59,63,68-69,73-74H,3-10,12,14-15,17-37,39-58,60-62,64-67H2,1-2H3,(H,72,75)/b13-11-,38-16-,63-59+. The predicted molar refractivity (Wildman–Crippen MR) is 338 cm³/mol. The predicted octanol–water partition coefficient (Wildman–Crippen LogP) is 22.3. The SMILES string of the molecule is CCCCC/C=C\C/C=C\CCCCCCCC(=O)OCCCCCCCCCCCCCCCCCCCCCCCCCCCCCCCCCCCCCC(=O)NC(CO)C(O)/C=C/CCCCCCCCCC. The lowest BCUT2D eigenvalue weighted by Crippen LogP contribution is -2.45. The summed E-state index contributed by atoms with van der Waals surface area (Å²) in [5.41, 5.74) is 0. The summed E-state index contributed by atoms with van der Waals surface area (Å²) >= 11 is 0. The van der Waals surface area contributed by atoms with E-state index in [4.69, 9.17) is 4.74 Å². The second kappa shape index (κ2) is 66.6. The third-order valence-corrected chi connectivity index (χ3v) is 16.2. The lowest BCUT2D eigenvalue weighted by atomic mass is 10.0. The summed E-state index contributed by atoms with van der Waals surface area (Å²) in [4.78, 5) is 24.5. The molecule has 0 aliphatic rings. The van der Waals surface area contributed by atoms with Crippen LogP contribution in [0, 0.1) is 0 Å². The second-order valence-corrected chi connectivity index (χ2v) is 23.9. The smallest absolute Gasteiger partial charge is 0.305 e. The molecule has 2 atom stereocenters. The summed E-state index contributed by atoms with van der Waals surface area (Å²) in [5.74, 6) is -0.0550. The summed E-state index contributed by atoms with van der Waals surface area (Å²) in [6.07, 6.45) is 85.3. The van der Waals surface area contributed by atoms with Crippen LogP contribution in [0.25, 0.3) is 0 Å². The van der Waals surface area contributed by atoms with Crippen molar-refractivity contribution in [1.82, 2.24) is 5.32 Å². The van der Waals surface area contributed by atoms with Gasteiger partial charge in [-0.15, -0.1) is 0 Å². The number of hydrogen-bond donors (Lipinski definition) is 3. The van der Waals surface area contributed by atoms with Crippen molar-refractivity contribution >= 4 is 11.9 Å². The van der Waals surface area contributed by atoms with Crippen LogP contribution in [0.2, 0.25) is 0 Å². The molecule has 0 spiro atoms. The van der Waals surface area contributed by atoms with Crippen molar-refractivity contribution in [3.05, 3.63) is 36.5 Å². The van der Waals surface area contributed by atoms with E-state index in [2.05, 4.69) is 43.5 Å². The molecular formula is C71H135NO5. The number of aliphatic hydroxyl groups excluding tert-OH is 2. The van der Waals surface area contributed by atoms with Crippen molar-refractivity contribution in [1.29, 1.82) is 0 Å². The normalized spacial score (nSPS) is 12.7. The highest BCUT2D eigenvalue weighted by Gasteiger charge is 2.18. The van der Waals surface area contributed by atoms with Gasteiger partial charge in [-0.1, -0.05) is 339 Å². The number of aliphatic hydroxyl groups is 2. The number of nitrogens with one attached hydrogen (secondary N) is 1. The fraction of sp³-hybridized carbons (Fsp3) is 0.887. The maximum atomic E-state index is 12.4. The van der Waals surface area contributed by atoms with Crippen LogP contribution in [0.5, 0.6) is 0 Å².